The maximum absolute atomic E-state index is 10.9. The fourth-order valence-electron chi connectivity index (χ4n) is 1.54. The molecule has 0 saturated carbocycles. The topological polar surface area (TPSA) is 84.3 Å². The fraction of sp³-hybridized carbons (Fsp3) is 0.222. The lowest BCUT2D eigenvalue weighted by Gasteiger charge is -2.08. The summed E-state index contributed by atoms with van der Waals surface area (Å²) in [6.07, 6.45) is 0. The van der Waals surface area contributed by atoms with Gasteiger partial charge in [-0.2, -0.15) is 0 Å². The number of nitrogens with zero attached hydrogens (tertiary/aromatic N) is 1. The number of hydrogen-bond acceptors (Lipinski definition) is 3. The van der Waals surface area contributed by atoms with E-state index in [0.29, 0.717) is 16.6 Å². The molecule has 84 valence electrons. The molecule has 16 heavy (non-hydrogen) atoms. The van der Waals surface area contributed by atoms with Crippen LogP contribution in [-0.4, -0.2) is 17.5 Å². The highest BCUT2D eigenvalue weighted by molar-refractivity contribution is 9.10. The Bertz CT molecular complexity index is 463. The minimum absolute atomic E-state index is 0.00125. The summed E-state index contributed by atoms with van der Waals surface area (Å²) in [5, 5.41) is 16.0. The molecular formula is C9H8BrN3O3. The smallest absolute Gasteiger partial charge is 0.315 e. The standard InChI is InChI=1S/C9H8BrN3O3/c10-6-2-1-5(3-8(6)13(15)16)7-4-11-9(14)12-7/h1-3,7H,4H2,(H2,11,12,14)/t7-/m0/s1. The molecule has 1 fully saturated rings. The van der Waals surface area contributed by atoms with Crippen molar-refractivity contribution in [1.82, 2.24) is 10.6 Å². The predicted octanol–water partition coefficient (Wildman–Crippen LogP) is 1.71. The Balaban J connectivity index is 2.32. The van der Waals surface area contributed by atoms with Crippen molar-refractivity contribution in [3.63, 3.8) is 0 Å². The molecule has 0 spiro atoms. The summed E-state index contributed by atoms with van der Waals surface area (Å²) in [6, 6.07) is 4.35. The van der Waals surface area contributed by atoms with Crippen molar-refractivity contribution in [3.8, 4) is 0 Å². The van der Waals surface area contributed by atoms with Crippen molar-refractivity contribution in [1.29, 1.82) is 0 Å². The van der Waals surface area contributed by atoms with Crippen molar-refractivity contribution in [3.05, 3.63) is 38.3 Å². The van der Waals surface area contributed by atoms with Crippen LogP contribution in [0.25, 0.3) is 0 Å². The van der Waals surface area contributed by atoms with E-state index in [1.807, 2.05) is 0 Å². The number of nitro groups is 1. The molecule has 1 heterocycles. The molecule has 1 atom stereocenters. The number of rotatable bonds is 2. The third kappa shape index (κ3) is 1.99. The van der Waals surface area contributed by atoms with Gasteiger partial charge in [-0.15, -0.1) is 0 Å². The average Bonchev–Trinajstić information content (AvgIpc) is 2.65. The largest absolute Gasteiger partial charge is 0.336 e. The number of urea groups is 1. The van der Waals surface area contributed by atoms with Crippen LogP contribution in [-0.2, 0) is 0 Å². The molecule has 0 aromatic heterocycles. The molecule has 0 bridgehead atoms. The van der Waals surface area contributed by atoms with Crippen LogP contribution in [0.4, 0.5) is 10.5 Å². The first-order valence-electron chi connectivity index (χ1n) is 4.56. The second-order valence-corrected chi connectivity index (χ2v) is 4.23. The second kappa shape index (κ2) is 4.09. The van der Waals surface area contributed by atoms with Crippen molar-refractivity contribution < 1.29 is 9.72 Å². The minimum Gasteiger partial charge on any atom is -0.336 e. The van der Waals surface area contributed by atoms with Gasteiger partial charge in [-0.05, 0) is 27.6 Å². The molecule has 0 unspecified atom stereocenters. The van der Waals surface area contributed by atoms with Gasteiger partial charge in [0.25, 0.3) is 5.69 Å². The van der Waals surface area contributed by atoms with Crippen LogP contribution in [0, 0.1) is 10.1 Å². The monoisotopic (exact) mass is 285 g/mol. The first-order valence-corrected chi connectivity index (χ1v) is 5.35. The molecule has 2 amide bonds. The van der Waals surface area contributed by atoms with E-state index in [-0.39, 0.29) is 17.8 Å². The van der Waals surface area contributed by atoms with Gasteiger partial charge in [-0.25, -0.2) is 4.79 Å². The summed E-state index contributed by atoms with van der Waals surface area (Å²) in [6.45, 7) is 0.442. The van der Waals surface area contributed by atoms with Crippen LogP contribution in [0.5, 0.6) is 0 Å². The number of hydrogen-bond donors (Lipinski definition) is 2. The molecule has 1 saturated heterocycles. The zero-order valence-electron chi connectivity index (χ0n) is 8.07. The van der Waals surface area contributed by atoms with Crippen LogP contribution >= 0.6 is 15.9 Å². The van der Waals surface area contributed by atoms with Crippen molar-refractivity contribution >= 4 is 27.6 Å². The molecule has 1 aromatic carbocycles. The molecule has 1 aliphatic heterocycles. The lowest BCUT2D eigenvalue weighted by molar-refractivity contribution is -0.385. The maximum atomic E-state index is 10.9. The number of nitrogens with one attached hydrogen (secondary N) is 2. The molecule has 2 N–H and O–H groups in total. The van der Waals surface area contributed by atoms with Gasteiger partial charge in [-0.3, -0.25) is 10.1 Å². The molecule has 1 aliphatic rings. The first-order chi connectivity index (χ1) is 7.58. The van der Waals surface area contributed by atoms with Crippen LogP contribution in [0.3, 0.4) is 0 Å². The Morgan fingerprint density at radius 1 is 1.50 bits per heavy atom. The number of nitro benzene ring substituents is 1. The van der Waals surface area contributed by atoms with E-state index < -0.39 is 4.92 Å². The van der Waals surface area contributed by atoms with Gasteiger partial charge in [0.05, 0.1) is 15.4 Å². The van der Waals surface area contributed by atoms with Gasteiger partial charge in [0.15, 0.2) is 0 Å². The molecule has 0 aliphatic carbocycles. The normalized spacial score (nSPS) is 19.1. The van der Waals surface area contributed by atoms with Gasteiger partial charge in [-0.1, -0.05) is 6.07 Å². The summed E-state index contributed by atoms with van der Waals surface area (Å²) in [7, 11) is 0. The summed E-state index contributed by atoms with van der Waals surface area (Å²) >= 11 is 3.11. The van der Waals surface area contributed by atoms with Gasteiger partial charge in [0, 0.05) is 12.6 Å². The van der Waals surface area contributed by atoms with Crippen LogP contribution in [0.2, 0.25) is 0 Å². The molecule has 6 nitrogen and oxygen atoms in total. The number of carbonyl (C=O) groups is 1. The summed E-state index contributed by atoms with van der Waals surface area (Å²) in [5.41, 5.74) is 0.715. The zero-order chi connectivity index (χ0) is 11.7. The minimum atomic E-state index is -0.461. The highest BCUT2D eigenvalue weighted by Gasteiger charge is 2.23. The Morgan fingerprint density at radius 2 is 2.25 bits per heavy atom. The van der Waals surface area contributed by atoms with Gasteiger partial charge in [0.2, 0.25) is 0 Å². The van der Waals surface area contributed by atoms with E-state index >= 15 is 0 Å². The Labute approximate surface area is 99.3 Å². The summed E-state index contributed by atoms with van der Waals surface area (Å²) in [5.74, 6) is 0. The Hall–Kier alpha value is -1.63. The SMILES string of the molecule is O=C1NC[C@@H](c2ccc(Br)c([N+](=O)[O-])c2)N1. The number of amides is 2. The van der Waals surface area contributed by atoms with E-state index in [1.165, 1.54) is 6.07 Å². The second-order valence-electron chi connectivity index (χ2n) is 3.37. The van der Waals surface area contributed by atoms with E-state index in [9.17, 15) is 14.9 Å². The molecule has 2 rings (SSSR count). The highest BCUT2D eigenvalue weighted by Crippen LogP contribution is 2.28. The van der Waals surface area contributed by atoms with E-state index in [4.69, 9.17) is 0 Å². The van der Waals surface area contributed by atoms with Gasteiger partial charge in [0.1, 0.15) is 0 Å². The lowest BCUT2D eigenvalue weighted by atomic mass is 10.1. The zero-order valence-corrected chi connectivity index (χ0v) is 9.65. The van der Waals surface area contributed by atoms with Crippen molar-refractivity contribution in [2.24, 2.45) is 0 Å². The summed E-state index contributed by atoms with van der Waals surface area (Å²) < 4.78 is 0.429. The number of carbonyl (C=O) groups excluding carboxylic acids is 1. The van der Waals surface area contributed by atoms with Crippen LogP contribution in [0.15, 0.2) is 22.7 Å². The quantitative estimate of drug-likeness (QED) is 0.641. The maximum Gasteiger partial charge on any atom is 0.315 e. The van der Waals surface area contributed by atoms with E-state index in [0.717, 1.165) is 0 Å². The van der Waals surface area contributed by atoms with Crippen LogP contribution < -0.4 is 10.6 Å². The van der Waals surface area contributed by atoms with Gasteiger partial charge < -0.3 is 10.6 Å². The van der Waals surface area contributed by atoms with Crippen LogP contribution in [0.1, 0.15) is 11.6 Å². The third-order valence-corrected chi connectivity index (χ3v) is 3.01. The third-order valence-electron chi connectivity index (χ3n) is 2.34. The van der Waals surface area contributed by atoms with Crippen molar-refractivity contribution in [2.45, 2.75) is 6.04 Å². The highest BCUT2D eigenvalue weighted by atomic mass is 79.9. The Morgan fingerprint density at radius 3 is 2.81 bits per heavy atom. The first kappa shape index (κ1) is 10.9. The van der Waals surface area contributed by atoms with E-state index in [1.54, 1.807) is 12.1 Å². The predicted molar refractivity (Wildman–Crippen MR) is 60.1 cm³/mol. The van der Waals surface area contributed by atoms with E-state index in [2.05, 4.69) is 26.6 Å². The molecular weight excluding hydrogens is 278 g/mol. The average molecular weight is 286 g/mol. The van der Waals surface area contributed by atoms with Crippen molar-refractivity contribution in [2.75, 3.05) is 6.54 Å². The molecule has 0 radical (unpaired) electrons. The molecule has 7 heteroatoms. The molecule has 1 aromatic rings. The fourth-order valence-corrected chi connectivity index (χ4v) is 1.93. The summed E-state index contributed by atoms with van der Waals surface area (Å²) in [4.78, 5) is 21.2. The lowest BCUT2D eigenvalue weighted by Crippen LogP contribution is -2.21. The number of halogens is 1. The Kier molecular flexibility index (Phi) is 2.78. The number of benzene rings is 1. The van der Waals surface area contributed by atoms with Gasteiger partial charge >= 0.3 is 6.03 Å².